The molecule has 2 atom stereocenters. The third kappa shape index (κ3) is 4.10. The average molecular weight is 308 g/mol. The smallest absolute Gasteiger partial charge is 0.161 e. The topological polar surface area (TPSA) is 48.3 Å². The first-order valence-electron chi connectivity index (χ1n) is 7.44. The van der Waals surface area contributed by atoms with E-state index in [0.717, 1.165) is 30.2 Å². The molecule has 1 heterocycles. The lowest BCUT2D eigenvalue weighted by molar-refractivity contribution is 0.0764. The Morgan fingerprint density at radius 1 is 1.57 bits per heavy atom. The summed E-state index contributed by atoms with van der Waals surface area (Å²) in [5.41, 5.74) is 2.16. The van der Waals surface area contributed by atoms with Crippen LogP contribution in [0.4, 0.5) is 5.69 Å². The first-order chi connectivity index (χ1) is 10.2. The van der Waals surface area contributed by atoms with Crippen LogP contribution in [-0.4, -0.2) is 32.3 Å². The van der Waals surface area contributed by atoms with Crippen molar-refractivity contribution in [2.45, 2.75) is 32.4 Å². The summed E-state index contributed by atoms with van der Waals surface area (Å²) in [6.07, 6.45) is 0.735. The normalized spacial score (nSPS) is 20.1. The number of rotatable bonds is 5. The summed E-state index contributed by atoms with van der Waals surface area (Å²) < 4.78 is 5.37. The van der Waals surface area contributed by atoms with Gasteiger partial charge in [-0.15, -0.1) is 0 Å². The molecule has 1 N–H and O–H groups in total. The van der Waals surface area contributed by atoms with Crippen LogP contribution in [0.2, 0.25) is 5.02 Å². The molecule has 114 valence electrons. The van der Waals surface area contributed by atoms with Gasteiger partial charge in [0, 0.05) is 12.6 Å². The standard InChI is InChI=1S/C16H22ClN3O/c1-3-6-19-12(2)13-4-5-16(15(17)9-13)20-7-8-21-14(10-18)11-20/h4-5,9,12,14,19H,3,6-8,11H2,1-2H3. The zero-order valence-corrected chi connectivity index (χ0v) is 13.4. The van der Waals surface area contributed by atoms with Crippen molar-refractivity contribution >= 4 is 17.3 Å². The van der Waals surface area contributed by atoms with Gasteiger partial charge in [-0.3, -0.25) is 0 Å². The van der Waals surface area contributed by atoms with Gasteiger partial charge < -0.3 is 15.0 Å². The van der Waals surface area contributed by atoms with E-state index in [1.54, 1.807) is 0 Å². The van der Waals surface area contributed by atoms with Gasteiger partial charge in [-0.05, 0) is 37.6 Å². The highest BCUT2D eigenvalue weighted by Gasteiger charge is 2.22. The molecule has 0 radical (unpaired) electrons. The first-order valence-corrected chi connectivity index (χ1v) is 7.82. The first kappa shape index (κ1) is 16.1. The summed E-state index contributed by atoms with van der Waals surface area (Å²) in [6, 6.07) is 8.60. The van der Waals surface area contributed by atoms with Crippen molar-refractivity contribution < 1.29 is 4.74 Å². The lowest BCUT2D eigenvalue weighted by atomic mass is 10.1. The van der Waals surface area contributed by atoms with Crippen molar-refractivity contribution in [3.63, 3.8) is 0 Å². The van der Waals surface area contributed by atoms with Crippen LogP contribution in [0, 0.1) is 11.3 Å². The number of hydrogen-bond donors (Lipinski definition) is 1. The van der Waals surface area contributed by atoms with Crippen LogP contribution in [0.1, 0.15) is 31.9 Å². The van der Waals surface area contributed by atoms with Crippen molar-refractivity contribution in [1.82, 2.24) is 5.32 Å². The second-order valence-electron chi connectivity index (χ2n) is 5.32. The van der Waals surface area contributed by atoms with Gasteiger partial charge in [0.1, 0.15) is 0 Å². The molecule has 1 aliphatic rings. The largest absolute Gasteiger partial charge is 0.364 e. The molecule has 2 unspecified atom stereocenters. The summed E-state index contributed by atoms with van der Waals surface area (Å²) >= 11 is 6.44. The predicted molar refractivity (Wildman–Crippen MR) is 85.7 cm³/mol. The molecule has 5 heteroatoms. The summed E-state index contributed by atoms with van der Waals surface area (Å²) in [5, 5.41) is 13.2. The molecule has 0 aliphatic carbocycles. The van der Waals surface area contributed by atoms with Crippen molar-refractivity contribution in [2.24, 2.45) is 0 Å². The quantitative estimate of drug-likeness (QED) is 0.908. The van der Waals surface area contributed by atoms with E-state index >= 15 is 0 Å². The number of hydrogen-bond acceptors (Lipinski definition) is 4. The average Bonchev–Trinajstić information content (AvgIpc) is 2.52. The summed E-state index contributed by atoms with van der Waals surface area (Å²) in [4.78, 5) is 2.12. The van der Waals surface area contributed by atoms with Crippen LogP contribution >= 0.6 is 11.6 Å². The minimum absolute atomic E-state index is 0.285. The van der Waals surface area contributed by atoms with Gasteiger partial charge in [0.25, 0.3) is 0 Å². The van der Waals surface area contributed by atoms with Crippen LogP contribution in [0.15, 0.2) is 18.2 Å². The molecule has 4 nitrogen and oxygen atoms in total. The molecule has 21 heavy (non-hydrogen) atoms. The number of nitrogens with zero attached hydrogens (tertiary/aromatic N) is 2. The van der Waals surface area contributed by atoms with Crippen LogP contribution in [0.3, 0.4) is 0 Å². The van der Waals surface area contributed by atoms with Gasteiger partial charge in [-0.25, -0.2) is 0 Å². The fraction of sp³-hybridized carbons (Fsp3) is 0.562. The molecule has 1 aromatic rings. The molecule has 0 bridgehead atoms. The Morgan fingerprint density at radius 3 is 3.05 bits per heavy atom. The fourth-order valence-corrected chi connectivity index (χ4v) is 2.78. The minimum Gasteiger partial charge on any atom is -0.364 e. The monoisotopic (exact) mass is 307 g/mol. The van der Waals surface area contributed by atoms with E-state index in [1.807, 2.05) is 12.1 Å². The Morgan fingerprint density at radius 2 is 2.38 bits per heavy atom. The molecule has 0 spiro atoms. The highest BCUT2D eigenvalue weighted by atomic mass is 35.5. The molecule has 0 amide bonds. The Kier molecular flexibility index (Phi) is 5.86. The highest BCUT2D eigenvalue weighted by molar-refractivity contribution is 6.33. The highest BCUT2D eigenvalue weighted by Crippen LogP contribution is 2.30. The lowest BCUT2D eigenvalue weighted by Gasteiger charge is -2.32. The van der Waals surface area contributed by atoms with Crippen LogP contribution in [-0.2, 0) is 4.74 Å². The Hall–Kier alpha value is -1.28. The second kappa shape index (κ2) is 7.65. The minimum atomic E-state index is -0.375. The van der Waals surface area contributed by atoms with E-state index < -0.39 is 0 Å². The Bertz CT molecular complexity index is 515. The molecule has 1 aromatic carbocycles. The van der Waals surface area contributed by atoms with Crippen LogP contribution in [0.25, 0.3) is 0 Å². The molecule has 1 aliphatic heterocycles. The van der Waals surface area contributed by atoms with E-state index in [-0.39, 0.29) is 12.1 Å². The third-order valence-electron chi connectivity index (χ3n) is 3.72. The number of nitriles is 1. The molecule has 2 rings (SSSR count). The maximum Gasteiger partial charge on any atom is 0.161 e. The van der Waals surface area contributed by atoms with Gasteiger partial charge in [0.2, 0.25) is 0 Å². The van der Waals surface area contributed by atoms with Crippen molar-refractivity contribution in [2.75, 3.05) is 31.1 Å². The maximum absolute atomic E-state index is 8.98. The second-order valence-corrected chi connectivity index (χ2v) is 5.73. The summed E-state index contributed by atoms with van der Waals surface area (Å²) in [5.74, 6) is 0. The molecule has 0 saturated carbocycles. The molecule has 1 saturated heterocycles. The van der Waals surface area contributed by atoms with Crippen molar-refractivity contribution in [1.29, 1.82) is 5.26 Å². The van der Waals surface area contributed by atoms with E-state index in [0.29, 0.717) is 13.2 Å². The van der Waals surface area contributed by atoms with Crippen LogP contribution in [0.5, 0.6) is 0 Å². The number of anilines is 1. The Labute approximate surface area is 131 Å². The molecular weight excluding hydrogens is 286 g/mol. The van der Waals surface area contributed by atoms with Gasteiger partial charge in [0.05, 0.1) is 29.9 Å². The lowest BCUT2D eigenvalue weighted by Crippen LogP contribution is -2.42. The molecule has 0 aromatic heterocycles. The van der Waals surface area contributed by atoms with Gasteiger partial charge in [-0.1, -0.05) is 24.6 Å². The number of benzene rings is 1. The van der Waals surface area contributed by atoms with E-state index in [2.05, 4.69) is 36.2 Å². The zero-order chi connectivity index (χ0) is 15.2. The molecular formula is C16H22ClN3O. The summed E-state index contributed by atoms with van der Waals surface area (Å²) in [6.45, 7) is 7.18. The number of halogens is 1. The SMILES string of the molecule is CCCNC(C)c1ccc(N2CCOC(C#N)C2)c(Cl)c1. The van der Waals surface area contributed by atoms with Crippen molar-refractivity contribution in [3.05, 3.63) is 28.8 Å². The van der Waals surface area contributed by atoms with Gasteiger partial charge in [-0.2, -0.15) is 5.26 Å². The van der Waals surface area contributed by atoms with Gasteiger partial charge in [0.15, 0.2) is 6.10 Å². The predicted octanol–water partition coefficient (Wildman–Crippen LogP) is 3.13. The number of nitrogens with one attached hydrogen (secondary N) is 1. The zero-order valence-electron chi connectivity index (χ0n) is 12.6. The fourth-order valence-electron chi connectivity index (χ4n) is 2.47. The van der Waals surface area contributed by atoms with Gasteiger partial charge >= 0.3 is 0 Å². The van der Waals surface area contributed by atoms with E-state index in [4.69, 9.17) is 21.6 Å². The van der Waals surface area contributed by atoms with E-state index in [9.17, 15) is 0 Å². The molecule has 1 fully saturated rings. The maximum atomic E-state index is 8.98. The van der Waals surface area contributed by atoms with Crippen LogP contribution < -0.4 is 10.2 Å². The number of morpholine rings is 1. The summed E-state index contributed by atoms with van der Waals surface area (Å²) in [7, 11) is 0. The Balaban J connectivity index is 2.10. The van der Waals surface area contributed by atoms with Crippen molar-refractivity contribution in [3.8, 4) is 6.07 Å². The van der Waals surface area contributed by atoms with E-state index in [1.165, 1.54) is 5.56 Å². The third-order valence-corrected chi connectivity index (χ3v) is 4.03. The number of ether oxygens (including phenoxy) is 1.